The first kappa shape index (κ1) is 12.0. The van der Waals surface area contributed by atoms with Gasteiger partial charge in [-0.25, -0.2) is 4.79 Å². The molecule has 0 fully saturated rings. The van der Waals surface area contributed by atoms with Crippen molar-refractivity contribution in [1.29, 1.82) is 0 Å². The number of carbonyl (C=O) groups is 1. The molecule has 3 nitrogen and oxygen atoms in total. The molecule has 0 unspecified atom stereocenters. The number of nitrogens with two attached hydrogens (primary N) is 1. The number of esters is 1. The molecule has 1 rings (SSSR count). The third-order valence-corrected chi connectivity index (χ3v) is 2.78. The maximum absolute atomic E-state index is 11.8. The summed E-state index contributed by atoms with van der Waals surface area (Å²) in [5.74, 6) is -0.277. The predicted molar refractivity (Wildman–Crippen MR) is 63.3 cm³/mol. The molecule has 0 saturated heterocycles. The minimum Gasteiger partial charge on any atom is -0.456 e. The van der Waals surface area contributed by atoms with E-state index in [9.17, 15) is 4.79 Å². The van der Waals surface area contributed by atoms with Gasteiger partial charge in [0.25, 0.3) is 0 Å². The SMILES string of the molecule is CCc1cc(N)sc1C(=O)OC(C)(C)C. The third-order valence-electron chi connectivity index (χ3n) is 1.79. The zero-order valence-electron chi connectivity index (χ0n) is 9.59. The van der Waals surface area contributed by atoms with Gasteiger partial charge in [-0.1, -0.05) is 6.92 Å². The quantitative estimate of drug-likeness (QED) is 0.790. The molecule has 0 spiro atoms. The lowest BCUT2D eigenvalue weighted by Gasteiger charge is -2.19. The van der Waals surface area contributed by atoms with Crippen LogP contribution in [0.15, 0.2) is 6.07 Å². The number of carbonyl (C=O) groups excluding carboxylic acids is 1. The van der Waals surface area contributed by atoms with Gasteiger partial charge in [0, 0.05) is 0 Å². The fraction of sp³-hybridized carbons (Fsp3) is 0.545. The van der Waals surface area contributed by atoms with Crippen molar-refractivity contribution in [1.82, 2.24) is 0 Å². The van der Waals surface area contributed by atoms with Crippen LogP contribution in [0.25, 0.3) is 0 Å². The second-order valence-electron chi connectivity index (χ2n) is 4.36. The second kappa shape index (κ2) is 4.23. The van der Waals surface area contributed by atoms with Crippen LogP contribution in [0.2, 0.25) is 0 Å². The van der Waals surface area contributed by atoms with Crippen LogP contribution >= 0.6 is 11.3 Å². The lowest BCUT2D eigenvalue weighted by molar-refractivity contribution is 0.00742. The number of aryl methyl sites for hydroxylation is 1. The van der Waals surface area contributed by atoms with Crippen LogP contribution in [-0.2, 0) is 11.2 Å². The van der Waals surface area contributed by atoms with Gasteiger partial charge in [-0.15, -0.1) is 11.3 Å². The monoisotopic (exact) mass is 227 g/mol. The molecule has 0 bridgehead atoms. The van der Waals surface area contributed by atoms with Crippen LogP contribution in [0.5, 0.6) is 0 Å². The molecule has 0 aliphatic heterocycles. The molecule has 1 aromatic heterocycles. The summed E-state index contributed by atoms with van der Waals surface area (Å²) in [6, 6.07) is 1.84. The van der Waals surface area contributed by atoms with Crippen molar-refractivity contribution in [3.05, 3.63) is 16.5 Å². The number of nitrogen functional groups attached to an aromatic ring is 1. The van der Waals surface area contributed by atoms with Crippen molar-refractivity contribution in [3.8, 4) is 0 Å². The van der Waals surface area contributed by atoms with Crippen LogP contribution in [-0.4, -0.2) is 11.6 Å². The topological polar surface area (TPSA) is 52.3 Å². The third kappa shape index (κ3) is 3.23. The van der Waals surface area contributed by atoms with Gasteiger partial charge >= 0.3 is 5.97 Å². The van der Waals surface area contributed by atoms with Gasteiger partial charge in [0.2, 0.25) is 0 Å². The highest BCUT2D eigenvalue weighted by molar-refractivity contribution is 7.17. The first-order chi connectivity index (χ1) is 6.83. The van der Waals surface area contributed by atoms with E-state index in [-0.39, 0.29) is 5.97 Å². The molecule has 0 radical (unpaired) electrons. The highest BCUT2D eigenvalue weighted by Crippen LogP contribution is 2.27. The van der Waals surface area contributed by atoms with Crippen LogP contribution in [0.1, 0.15) is 42.9 Å². The lowest BCUT2D eigenvalue weighted by atomic mass is 10.2. The van der Waals surface area contributed by atoms with Gasteiger partial charge in [0.1, 0.15) is 10.5 Å². The summed E-state index contributed by atoms with van der Waals surface area (Å²) in [4.78, 5) is 12.4. The van der Waals surface area contributed by atoms with Gasteiger partial charge in [-0.05, 0) is 38.8 Å². The van der Waals surface area contributed by atoms with Crippen LogP contribution in [0, 0.1) is 0 Å². The Labute approximate surface area is 94.2 Å². The first-order valence-electron chi connectivity index (χ1n) is 4.95. The number of anilines is 1. The molecule has 84 valence electrons. The number of thiophene rings is 1. The number of ether oxygens (including phenoxy) is 1. The standard InChI is InChI=1S/C11H17NO2S/c1-5-7-6-8(12)15-9(7)10(13)14-11(2,3)4/h6H,5,12H2,1-4H3. The van der Waals surface area contributed by atoms with E-state index in [2.05, 4.69) is 0 Å². The zero-order valence-corrected chi connectivity index (χ0v) is 10.4. The molecule has 0 atom stereocenters. The van der Waals surface area contributed by atoms with Crippen molar-refractivity contribution in [2.75, 3.05) is 5.73 Å². The summed E-state index contributed by atoms with van der Waals surface area (Å²) in [5.41, 5.74) is 6.17. The Balaban J connectivity index is 2.91. The maximum Gasteiger partial charge on any atom is 0.349 e. The smallest absolute Gasteiger partial charge is 0.349 e. The summed E-state index contributed by atoms with van der Waals surface area (Å²) in [7, 11) is 0. The minimum absolute atomic E-state index is 0.277. The average molecular weight is 227 g/mol. The minimum atomic E-state index is -0.457. The summed E-state index contributed by atoms with van der Waals surface area (Å²) in [6.07, 6.45) is 0.794. The highest BCUT2D eigenvalue weighted by Gasteiger charge is 2.21. The summed E-state index contributed by atoms with van der Waals surface area (Å²) >= 11 is 1.29. The van der Waals surface area contributed by atoms with Crippen molar-refractivity contribution in [2.45, 2.75) is 39.7 Å². The predicted octanol–water partition coefficient (Wildman–Crippen LogP) is 2.85. The van der Waals surface area contributed by atoms with Gasteiger partial charge in [0.15, 0.2) is 0 Å². The average Bonchev–Trinajstić information content (AvgIpc) is 2.43. The maximum atomic E-state index is 11.8. The van der Waals surface area contributed by atoms with Gasteiger partial charge < -0.3 is 10.5 Å². The Morgan fingerprint density at radius 1 is 1.53 bits per heavy atom. The Hall–Kier alpha value is -1.03. The zero-order chi connectivity index (χ0) is 11.6. The van der Waals surface area contributed by atoms with E-state index in [4.69, 9.17) is 10.5 Å². The molecule has 2 N–H and O–H groups in total. The molecule has 0 saturated carbocycles. The van der Waals surface area contributed by atoms with E-state index in [0.29, 0.717) is 9.88 Å². The molecular formula is C11H17NO2S. The number of rotatable bonds is 2. The van der Waals surface area contributed by atoms with E-state index >= 15 is 0 Å². The van der Waals surface area contributed by atoms with Crippen LogP contribution in [0.4, 0.5) is 5.00 Å². The molecule has 4 heteroatoms. The van der Waals surface area contributed by atoms with Crippen molar-refractivity contribution < 1.29 is 9.53 Å². The highest BCUT2D eigenvalue weighted by atomic mass is 32.1. The van der Waals surface area contributed by atoms with E-state index in [1.165, 1.54) is 11.3 Å². The normalized spacial score (nSPS) is 11.5. The summed E-state index contributed by atoms with van der Waals surface area (Å²) in [5, 5.41) is 0.660. The number of hydrogen-bond donors (Lipinski definition) is 1. The molecule has 1 heterocycles. The lowest BCUT2D eigenvalue weighted by Crippen LogP contribution is -2.23. The molecule has 0 aliphatic carbocycles. The van der Waals surface area contributed by atoms with Crippen LogP contribution < -0.4 is 5.73 Å². The molecule has 15 heavy (non-hydrogen) atoms. The molecule has 1 aromatic rings. The molecular weight excluding hydrogens is 210 g/mol. The van der Waals surface area contributed by atoms with Crippen molar-refractivity contribution in [3.63, 3.8) is 0 Å². The van der Waals surface area contributed by atoms with Gasteiger partial charge in [-0.3, -0.25) is 0 Å². The second-order valence-corrected chi connectivity index (χ2v) is 5.44. The summed E-state index contributed by atoms with van der Waals surface area (Å²) in [6.45, 7) is 7.56. The van der Waals surface area contributed by atoms with Gasteiger partial charge in [-0.2, -0.15) is 0 Å². The van der Waals surface area contributed by atoms with E-state index in [0.717, 1.165) is 12.0 Å². The van der Waals surface area contributed by atoms with E-state index in [1.807, 2.05) is 33.8 Å². The van der Waals surface area contributed by atoms with E-state index < -0.39 is 5.60 Å². The fourth-order valence-electron chi connectivity index (χ4n) is 1.21. The molecule has 0 amide bonds. The van der Waals surface area contributed by atoms with Crippen molar-refractivity contribution in [2.24, 2.45) is 0 Å². The van der Waals surface area contributed by atoms with Gasteiger partial charge in [0.05, 0.1) is 5.00 Å². The Kier molecular flexibility index (Phi) is 3.39. The largest absolute Gasteiger partial charge is 0.456 e. The van der Waals surface area contributed by atoms with Crippen LogP contribution in [0.3, 0.4) is 0 Å². The fourth-order valence-corrected chi connectivity index (χ4v) is 2.11. The Morgan fingerprint density at radius 2 is 2.13 bits per heavy atom. The molecule has 0 aromatic carbocycles. The van der Waals surface area contributed by atoms with E-state index in [1.54, 1.807) is 0 Å². The Bertz CT molecular complexity index is 363. The van der Waals surface area contributed by atoms with Crippen molar-refractivity contribution >= 4 is 22.3 Å². The summed E-state index contributed by atoms with van der Waals surface area (Å²) < 4.78 is 5.30. The number of hydrogen-bond acceptors (Lipinski definition) is 4. The Morgan fingerprint density at radius 3 is 2.60 bits per heavy atom. The first-order valence-corrected chi connectivity index (χ1v) is 5.76. The molecule has 0 aliphatic rings.